The first kappa shape index (κ1) is 24.9. The van der Waals surface area contributed by atoms with Crippen LogP contribution in [0.2, 0.25) is 0 Å². The highest BCUT2D eigenvalue weighted by Crippen LogP contribution is 2.65. The smallest absolute Gasteiger partial charge is 0.253 e. The van der Waals surface area contributed by atoms with Crippen molar-refractivity contribution in [3.05, 3.63) is 58.8 Å². The van der Waals surface area contributed by atoms with Crippen LogP contribution in [0.15, 0.2) is 36.5 Å². The second kappa shape index (κ2) is 8.46. The Balaban J connectivity index is 0.00000253. The van der Waals surface area contributed by atoms with Crippen LogP contribution in [0.3, 0.4) is 0 Å². The maximum absolute atomic E-state index is 13.7. The molecule has 3 heterocycles. The molecule has 8 nitrogen and oxygen atoms in total. The van der Waals surface area contributed by atoms with Crippen LogP contribution in [0.25, 0.3) is 10.9 Å². The number of phenols is 1. The molecule has 0 radical (unpaired) electrons. The van der Waals surface area contributed by atoms with Gasteiger partial charge in [0.1, 0.15) is 6.10 Å². The lowest BCUT2D eigenvalue weighted by Gasteiger charge is -2.64. The van der Waals surface area contributed by atoms with Gasteiger partial charge in [0, 0.05) is 35.3 Å². The first-order valence-corrected chi connectivity index (χ1v) is 13.8. The normalized spacial score (nSPS) is 32.2. The number of phenolic OH excluding ortho intramolecular Hbond substituents is 1. The van der Waals surface area contributed by atoms with Gasteiger partial charge in [-0.1, -0.05) is 18.2 Å². The fourth-order valence-electron chi connectivity index (χ4n) is 8.34. The van der Waals surface area contributed by atoms with E-state index in [2.05, 4.69) is 15.2 Å². The number of fused-ring (bicyclic) bond motifs is 1. The number of nitrogens with one attached hydrogen (secondary N) is 2. The third-order valence-corrected chi connectivity index (χ3v) is 10.2. The van der Waals surface area contributed by atoms with Crippen molar-refractivity contribution >= 4 is 35.5 Å². The van der Waals surface area contributed by atoms with Crippen LogP contribution in [0.1, 0.15) is 63.9 Å². The molecule has 1 saturated heterocycles. The molecule has 204 valence electrons. The van der Waals surface area contributed by atoms with Gasteiger partial charge in [-0.25, -0.2) is 0 Å². The fraction of sp³-hybridized carbons (Fsp3) is 0.467. The summed E-state index contributed by atoms with van der Waals surface area (Å²) in [4.78, 5) is 30.7. The number of H-pyrrole nitrogens is 1. The minimum atomic E-state index is -0.990. The number of ether oxygens (including phenoxy) is 1. The topological polar surface area (TPSA) is 115 Å². The van der Waals surface area contributed by atoms with Gasteiger partial charge in [0.05, 0.1) is 28.1 Å². The number of hydrogen-bond donors (Lipinski definition) is 4. The van der Waals surface area contributed by atoms with Gasteiger partial charge in [-0.3, -0.25) is 14.5 Å². The molecule has 3 fully saturated rings. The minimum Gasteiger partial charge on any atom is -0.504 e. The summed E-state index contributed by atoms with van der Waals surface area (Å²) in [5, 5.41) is 27.4. The summed E-state index contributed by atoms with van der Waals surface area (Å²) in [6, 6.07) is 8.71. The van der Waals surface area contributed by atoms with Crippen LogP contribution in [-0.4, -0.2) is 69.2 Å². The third kappa shape index (κ3) is 3.19. The van der Waals surface area contributed by atoms with Crippen LogP contribution in [0.5, 0.6) is 11.5 Å². The second-order valence-electron chi connectivity index (χ2n) is 12.0. The summed E-state index contributed by atoms with van der Waals surface area (Å²) >= 11 is 0. The number of rotatable bonds is 5. The molecule has 1 spiro atoms. The number of aromatic hydroxyl groups is 1. The molecule has 2 saturated carbocycles. The Kier molecular flexibility index (Phi) is 5.41. The van der Waals surface area contributed by atoms with Gasteiger partial charge >= 0.3 is 0 Å². The Labute approximate surface area is 232 Å². The molecule has 5 aliphatic rings. The monoisotopic (exact) mass is 549 g/mol. The molecule has 2 bridgehead atoms. The molecule has 9 heteroatoms. The molecular weight excluding hydrogens is 518 g/mol. The molecular formula is C30H32ClN3O5. The molecule has 39 heavy (non-hydrogen) atoms. The summed E-state index contributed by atoms with van der Waals surface area (Å²) < 4.78 is 6.56. The predicted molar refractivity (Wildman–Crippen MR) is 147 cm³/mol. The fourth-order valence-corrected chi connectivity index (χ4v) is 8.34. The highest BCUT2D eigenvalue weighted by atomic mass is 35.5. The highest BCUT2D eigenvalue weighted by Gasteiger charge is 2.73. The van der Waals surface area contributed by atoms with Gasteiger partial charge in [0.2, 0.25) is 0 Å². The van der Waals surface area contributed by atoms with E-state index in [1.165, 1.54) is 12.8 Å². The zero-order valence-corrected chi connectivity index (χ0v) is 22.3. The summed E-state index contributed by atoms with van der Waals surface area (Å²) in [7, 11) is 0. The van der Waals surface area contributed by atoms with Crippen molar-refractivity contribution in [1.29, 1.82) is 0 Å². The predicted octanol–water partition coefficient (Wildman–Crippen LogP) is 3.47. The minimum absolute atomic E-state index is 0. The van der Waals surface area contributed by atoms with E-state index >= 15 is 0 Å². The number of aldehydes is 1. The van der Waals surface area contributed by atoms with Crippen molar-refractivity contribution in [2.45, 2.75) is 67.7 Å². The van der Waals surface area contributed by atoms with Crippen molar-refractivity contribution in [2.75, 3.05) is 13.1 Å². The number of piperidine rings is 1. The number of halogens is 1. The lowest BCUT2D eigenvalue weighted by Crippen LogP contribution is -2.78. The molecule has 8 rings (SSSR count). The quantitative estimate of drug-likeness (QED) is 0.362. The van der Waals surface area contributed by atoms with E-state index in [9.17, 15) is 19.8 Å². The number of hydrogen-bond acceptors (Lipinski definition) is 6. The van der Waals surface area contributed by atoms with Crippen molar-refractivity contribution < 1.29 is 24.5 Å². The summed E-state index contributed by atoms with van der Waals surface area (Å²) in [5.41, 5.74) is 2.02. The van der Waals surface area contributed by atoms with Gasteiger partial charge in [-0.15, -0.1) is 12.4 Å². The molecule has 4 N–H and O–H groups in total. The molecule has 2 aliphatic heterocycles. The van der Waals surface area contributed by atoms with E-state index in [4.69, 9.17) is 4.74 Å². The average Bonchev–Trinajstić information content (AvgIpc) is 3.51. The van der Waals surface area contributed by atoms with Gasteiger partial charge in [0.25, 0.3) is 5.91 Å². The number of carbonyl (C=O) groups is 2. The largest absolute Gasteiger partial charge is 0.504 e. The number of benzene rings is 2. The number of carbonyl (C=O) groups excluding carboxylic acids is 2. The number of aliphatic hydroxyl groups is 1. The van der Waals surface area contributed by atoms with Crippen LogP contribution in [-0.2, 0) is 11.8 Å². The number of likely N-dealkylation sites (tertiary alicyclic amines) is 1. The number of aromatic amines is 1. The molecule has 3 aliphatic carbocycles. The van der Waals surface area contributed by atoms with E-state index in [1.807, 2.05) is 12.1 Å². The second-order valence-corrected chi connectivity index (χ2v) is 12.0. The average molecular weight is 550 g/mol. The zero-order chi connectivity index (χ0) is 25.8. The Morgan fingerprint density at radius 3 is 2.85 bits per heavy atom. The van der Waals surface area contributed by atoms with Crippen LogP contribution in [0, 0.1) is 5.92 Å². The lowest BCUT2D eigenvalue weighted by atomic mass is 9.48. The maximum Gasteiger partial charge on any atom is 0.253 e. The first-order chi connectivity index (χ1) is 18.4. The number of nitrogens with zero attached hydrogens (tertiary/aromatic N) is 1. The highest BCUT2D eigenvalue weighted by molar-refractivity contribution is 6.09. The molecule has 3 aromatic rings. The molecule has 1 amide bonds. The molecule has 1 aromatic heterocycles. The SMILES string of the molecule is Cl.O=Cc1c[nH]c2c(C(=O)N[C@H]3CC[C@@]4(O)[C@H]5Cc6ccc(O)c7c6[C@@]4(CCN5CC4CC4)[C@H]3O7)cccc12. The number of amides is 1. The van der Waals surface area contributed by atoms with E-state index in [-0.39, 0.29) is 36.1 Å². The Hall–Kier alpha value is -3.07. The van der Waals surface area contributed by atoms with Crippen LogP contribution < -0.4 is 10.1 Å². The Morgan fingerprint density at radius 1 is 1.21 bits per heavy atom. The van der Waals surface area contributed by atoms with E-state index in [0.29, 0.717) is 40.6 Å². The van der Waals surface area contributed by atoms with Gasteiger partial charge in [0.15, 0.2) is 17.8 Å². The van der Waals surface area contributed by atoms with Crippen molar-refractivity contribution in [2.24, 2.45) is 5.92 Å². The van der Waals surface area contributed by atoms with Crippen LogP contribution in [0.4, 0.5) is 0 Å². The number of para-hydroxylation sites is 1. The van der Waals surface area contributed by atoms with Crippen LogP contribution >= 0.6 is 12.4 Å². The standard InChI is InChI=1S/C30H31N3O5.ClH/c34-15-18-13-31-25-19(18)2-1-3-20(25)28(36)32-21-8-9-30(37)23-12-17-6-7-22(35)26-24(17)29(30,27(21)38-26)10-11-33(23)14-16-4-5-16;/h1-3,6-7,13,15-16,21,23,27,31,35,37H,4-5,8-12,14H2,(H,32,36);1H/t21-,23+,27-,29-,30+;/m0./s1. The van der Waals surface area contributed by atoms with Gasteiger partial charge in [-0.2, -0.15) is 0 Å². The van der Waals surface area contributed by atoms with Gasteiger partial charge in [-0.05, 0) is 68.7 Å². The Bertz CT molecular complexity index is 1520. The van der Waals surface area contributed by atoms with E-state index < -0.39 is 17.1 Å². The summed E-state index contributed by atoms with van der Waals surface area (Å²) in [5.74, 6) is 1.05. The third-order valence-electron chi connectivity index (χ3n) is 10.2. The zero-order valence-electron chi connectivity index (χ0n) is 21.5. The molecule has 0 unspecified atom stereocenters. The van der Waals surface area contributed by atoms with E-state index in [0.717, 1.165) is 49.3 Å². The molecule has 5 atom stereocenters. The summed E-state index contributed by atoms with van der Waals surface area (Å²) in [6.07, 6.45) is 7.05. The van der Waals surface area contributed by atoms with Crippen molar-refractivity contribution in [1.82, 2.24) is 15.2 Å². The number of aromatic nitrogens is 1. The molecule has 2 aromatic carbocycles. The van der Waals surface area contributed by atoms with Crippen molar-refractivity contribution in [3.8, 4) is 11.5 Å². The first-order valence-electron chi connectivity index (χ1n) is 13.8. The maximum atomic E-state index is 13.7. The summed E-state index contributed by atoms with van der Waals surface area (Å²) in [6.45, 7) is 1.90. The Morgan fingerprint density at radius 2 is 2.05 bits per heavy atom. The van der Waals surface area contributed by atoms with Gasteiger partial charge < -0.3 is 25.3 Å². The lowest BCUT2D eigenvalue weighted by molar-refractivity contribution is -0.191. The van der Waals surface area contributed by atoms with E-state index in [1.54, 1.807) is 24.4 Å². The van der Waals surface area contributed by atoms with Crippen molar-refractivity contribution in [3.63, 3.8) is 0 Å².